The summed E-state index contributed by atoms with van der Waals surface area (Å²) in [7, 11) is 0. The van der Waals surface area contributed by atoms with Crippen molar-refractivity contribution < 1.29 is 0 Å². The van der Waals surface area contributed by atoms with E-state index in [2.05, 4.69) is 65.5 Å². The van der Waals surface area contributed by atoms with Crippen molar-refractivity contribution in [3.05, 3.63) is 78.6 Å². The van der Waals surface area contributed by atoms with Gasteiger partial charge in [0, 0.05) is 24.5 Å². The van der Waals surface area contributed by atoms with Crippen molar-refractivity contribution in [3.63, 3.8) is 0 Å². The number of hydrogen-bond acceptors (Lipinski definition) is 2. The minimum Gasteiger partial charge on any atom is -0.346 e. The van der Waals surface area contributed by atoms with E-state index < -0.39 is 0 Å². The molecule has 0 aliphatic rings. The molecule has 0 spiro atoms. The van der Waals surface area contributed by atoms with Crippen LogP contribution in [-0.2, 0) is 6.54 Å². The summed E-state index contributed by atoms with van der Waals surface area (Å²) < 4.78 is 3.45. The van der Waals surface area contributed by atoms with Crippen LogP contribution in [0.25, 0.3) is 20.8 Å². The summed E-state index contributed by atoms with van der Waals surface area (Å²) in [4.78, 5) is 4.74. The number of rotatable bonds is 3. The van der Waals surface area contributed by atoms with Crippen LogP contribution in [0.5, 0.6) is 0 Å². The van der Waals surface area contributed by atoms with Crippen LogP contribution in [0.15, 0.2) is 73.1 Å². The summed E-state index contributed by atoms with van der Waals surface area (Å²) in [6.45, 7) is 0.893. The predicted octanol–water partition coefficient (Wildman–Crippen LogP) is 4.81. The fraction of sp³-hybridized carbons (Fsp3) is 0.0556. The first-order chi connectivity index (χ1) is 10.4. The maximum Gasteiger partial charge on any atom is 0.124 e. The predicted molar refractivity (Wildman–Crippen MR) is 88.6 cm³/mol. The largest absolute Gasteiger partial charge is 0.346 e. The Morgan fingerprint density at radius 2 is 1.57 bits per heavy atom. The van der Waals surface area contributed by atoms with E-state index in [0.29, 0.717) is 0 Å². The van der Waals surface area contributed by atoms with E-state index >= 15 is 0 Å². The molecule has 4 rings (SSSR count). The van der Waals surface area contributed by atoms with Gasteiger partial charge in [-0.05, 0) is 5.56 Å². The molecule has 0 saturated carbocycles. The molecule has 4 aromatic rings. The van der Waals surface area contributed by atoms with Gasteiger partial charge in [-0.25, -0.2) is 4.98 Å². The van der Waals surface area contributed by atoms with E-state index in [1.54, 1.807) is 11.3 Å². The van der Waals surface area contributed by atoms with Gasteiger partial charge in [0.2, 0.25) is 0 Å². The van der Waals surface area contributed by atoms with Crippen LogP contribution < -0.4 is 0 Å². The average Bonchev–Trinajstić information content (AvgIpc) is 3.07. The molecule has 0 N–H and O–H groups in total. The summed E-state index contributed by atoms with van der Waals surface area (Å²) in [6.07, 6.45) is 4.32. The third kappa shape index (κ3) is 2.48. The third-order valence-electron chi connectivity index (χ3n) is 3.48. The average molecular weight is 290 g/mol. The second-order valence-electron chi connectivity index (χ2n) is 5.05. The summed E-state index contributed by atoms with van der Waals surface area (Å²) in [5.74, 6) is 0. The number of hydrogen-bond donors (Lipinski definition) is 0. The smallest absolute Gasteiger partial charge is 0.124 e. The molecule has 0 aliphatic carbocycles. The Hall–Kier alpha value is -2.39. The van der Waals surface area contributed by atoms with Crippen molar-refractivity contribution in [1.29, 1.82) is 0 Å². The molecule has 2 nitrogen and oxygen atoms in total. The lowest BCUT2D eigenvalue weighted by Gasteiger charge is -2.02. The summed E-state index contributed by atoms with van der Waals surface area (Å²) in [5, 5.41) is 1.09. The highest BCUT2D eigenvalue weighted by Gasteiger charge is 2.08. The highest BCUT2D eigenvalue weighted by atomic mass is 32.1. The van der Waals surface area contributed by atoms with Gasteiger partial charge in [-0.1, -0.05) is 60.7 Å². The molecule has 0 saturated heterocycles. The van der Waals surface area contributed by atoms with Gasteiger partial charge in [0.05, 0.1) is 10.2 Å². The Bertz CT molecular complexity index is 829. The van der Waals surface area contributed by atoms with Crippen LogP contribution >= 0.6 is 11.3 Å². The number of nitrogens with zero attached hydrogens (tertiary/aromatic N) is 2. The summed E-state index contributed by atoms with van der Waals surface area (Å²) in [5.41, 5.74) is 3.58. The summed E-state index contributed by atoms with van der Waals surface area (Å²) in [6, 6.07) is 20.9. The highest BCUT2D eigenvalue weighted by molar-refractivity contribution is 7.21. The third-order valence-corrected chi connectivity index (χ3v) is 4.54. The lowest BCUT2D eigenvalue weighted by atomic mass is 10.2. The van der Waals surface area contributed by atoms with Gasteiger partial charge in [0.15, 0.2) is 0 Å². The molecule has 102 valence electrons. The quantitative estimate of drug-likeness (QED) is 0.529. The fourth-order valence-corrected chi connectivity index (χ4v) is 3.46. The zero-order valence-electron chi connectivity index (χ0n) is 11.4. The maximum atomic E-state index is 4.74. The first kappa shape index (κ1) is 12.4. The van der Waals surface area contributed by atoms with Gasteiger partial charge >= 0.3 is 0 Å². The molecule has 0 amide bonds. The molecule has 21 heavy (non-hydrogen) atoms. The Kier molecular flexibility index (Phi) is 3.05. The second kappa shape index (κ2) is 5.19. The van der Waals surface area contributed by atoms with Gasteiger partial charge < -0.3 is 4.57 Å². The van der Waals surface area contributed by atoms with Gasteiger partial charge in [-0.3, -0.25) is 0 Å². The normalized spacial score (nSPS) is 11.0. The first-order valence-corrected chi connectivity index (χ1v) is 7.76. The van der Waals surface area contributed by atoms with Crippen LogP contribution in [0.1, 0.15) is 5.56 Å². The van der Waals surface area contributed by atoms with Gasteiger partial charge in [-0.2, -0.15) is 0 Å². The standard InChI is InChI=1S/C18H14N2S/c1-3-7-14(8-4-1)11-20-12-16-17(13-20)21-18(19-16)15-9-5-2-6-10-15/h1-10,12-13H,11H2. The lowest BCUT2D eigenvalue weighted by molar-refractivity contribution is 0.809. The van der Waals surface area contributed by atoms with Crippen molar-refractivity contribution in [2.24, 2.45) is 0 Å². The van der Waals surface area contributed by atoms with E-state index in [-0.39, 0.29) is 0 Å². The SMILES string of the molecule is c1ccc(Cn2cc3nc(-c4ccccc4)sc3c2)cc1. The molecule has 2 heterocycles. The van der Waals surface area contributed by atoms with Gasteiger partial charge in [0.25, 0.3) is 0 Å². The highest BCUT2D eigenvalue weighted by Crippen LogP contribution is 2.30. The van der Waals surface area contributed by atoms with Crippen LogP contribution in [0.3, 0.4) is 0 Å². The van der Waals surface area contributed by atoms with Crippen LogP contribution in [-0.4, -0.2) is 9.55 Å². The lowest BCUT2D eigenvalue weighted by Crippen LogP contribution is -1.95. The topological polar surface area (TPSA) is 17.8 Å². The molecular formula is C18H14N2S. The minimum absolute atomic E-state index is 0.893. The molecule has 2 aromatic carbocycles. The molecule has 2 aromatic heterocycles. The van der Waals surface area contributed by atoms with Crippen molar-refractivity contribution in [2.75, 3.05) is 0 Å². The van der Waals surface area contributed by atoms with E-state index in [0.717, 1.165) is 17.1 Å². The molecule has 3 heteroatoms. The zero-order valence-corrected chi connectivity index (χ0v) is 12.3. The molecule has 0 unspecified atom stereocenters. The first-order valence-electron chi connectivity index (χ1n) is 6.94. The van der Waals surface area contributed by atoms with Crippen LogP contribution in [0.4, 0.5) is 0 Å². The monoisotopic (exact) mass is 290 g/mol. The molecule has 0 radical (unpaired) electrons. The molecule has 0 aliphatic heterocycles. The Morgan fingerprint density at radius 3 is 2.29 bits per heavy atom. The van der Waals surface area contributed by atoms with Crippen molar-refractivity contribution in [1.82, 2.24) is 9.55 Å². The van der Waals surface area contributed by atoms with E-state index in [1.807, 2.05) is 12.1 Å². The Labute approximate surface area is 127 Å². The zero-order chi connectivity index (χ0) is 14.1. The van der Waals surface area contributed by atoms with Crippen molar-refractivity contribution in [2.45, 2.75) is 6.54 Å². The maximum absolute atomic E-state index is 4.74. The van der Waals surface area contributed by atoms with Crippen LogP contribution in [0, 0.1) is 0 Å². The Balaban J connectivity index is 1.65. The Morgan fingerprint density at radius 1 is 0.857 bits per heavy atom. The fourth-order valence-electron chi connectivity index (χ4n) is 2.46. The van der Waals surface area contributed by atoms with Gasteiger partial charge in [-0.15, -0.1) is 11.3 Å². The number of benzene rings is 2. The number of fused-ring (bicyclic) bond motifs is 1. The van der Waals surface area contributed by atoms with Crippen molar-refractivity contribution in [3.8, 4) is 10.6 Å². The van der Waals surface area contributed by atoms with Crippen LogP contribution in [0.2, 0.25) is 0 Å². The van der Waals surface area contributed by atoms with E-state index in [4.69, 9.17) is 4.98 Å². The molecule has 0 fully saturated rings. The second-order valence-corrected chi connectivity index (χ2v) is 6.08. The van der Waals surface area contributed by atoms with E-state index in [1.165, 1.54) is 15.8 Å². The summed E-state index contributed by atoms with van der Waals surface area (Å²) >= 11 is 1.75. The molecular weight excluding hydrogens is 276 g/mol. The number of thiazole rings is 1. The van der Waals surface area contributed by atoms with Gasteiger partial charge in [0.1, 0.15) is 5.01 Å². The molecule has 0 bridgehead atoms. The van der Waals surface area contributed by atoms with E-state index in [9.17, 15) is 0 Å². The minimum atomic E-state index is 0.893. The van der Waals surface area contributed by atoms with Crippen molar-refractivity contribution >= 4 is 21.6 Å². The molecule has 0 atom stereocenters. The number of aromatic nitrogens is 2.